The Bertz CT molecular complexity index is 521. The van der Waals surface area contributed by atoms with Crippen LogP contribution in [-0.4, -0.2) is 38.7 Å². The van der Waals surface area contributed by atoms with Gasteiger partial charge in [0.25, 0.3) is 5.91 Å². The second-order valence-electron chi connectivity index (χ2n) is 4.78. The summed E-state index contributed by atoms with van der Waals surface area (Å²) in [7, 11) is 2.72. The second kappa shape index (κ2) is 7.43. The number of nitrogens with zero attached hydrogens (tertiary/aromatic N) is 1. The highest BCUT2D eigenvalue weighted by Crippen LogP contribution is 2.30. The van der Waals surface area contributed by atoms with Crippen LogP contribution in [-0.2, 0) is 19.1 Å². The van der Waals surface area contributed by atoms with Gasteiger partial charge in [-0.1, -0.05) is 11.6 Å². The number of aryl methyl sites for hydroxylation is 2. The lowest BCUT2D eigenvalue weighted by Gasteiger charge is -2.30. The van der Waals surface area contributed by atoms with E-state index >= 15 is 0 Å². The fraction of sp³-hybridized carbons (Fsp3) is 0.467. The van der Waals surface area contributed by atoms with Gasteiger partial charge in [-0.15, -0.1) is 0 Å². The summed E-state index contributed by atoms with van der Waals surface area (Å²) in [6.45, 7) is 5.17. The maximum absolute atomic E-state index is 12.4. The molecule has 1 aromatic carbocycles. The SMILES string of the molecule is COCC(=O)N(c1c(C)cc(Cl)cc1C)C(C)C(=O)OC. The number of esters is 1. The van der Waals surface area contributed by atoms with E-state index in [0.717, 1.165) is 11.1 Å². The number of amides is 1. The predicted molar refractivity (Wildman–Crippen MR) is 81.8 cm³/mol. The Morgan fingerprint density at radius 2 is 1.76 bits per heavy atom. The van der Waals surface area contributed by atoms with Crippen LogP contribution >= 0.6 is 11.6 Å². The van der Waals surface area contributed by atoms with E-state index in [1.807, 2.05) is 13.8 Å². The first-order valence-electron chi connectivity index (χ1n) is 6.49. The first-order chi connectivity index (χ1) is 9.83. The third kappa shape index (κ3) is 3.95. The Hall–Kier alpha value is -1.59. The largest absolute Gasteiger partial charge is 0.467 e. The van der Waals surface area contributed by atoms with E-state index in [0.29, 0.717) is 10.7 Å². The lowest BCUT2D eigenvalue weighted by molar-refractivity contribution is -0.143. The molecule has 21 heavy (non-hydrogen) atoms. The van der Waals surface area contributed by atoms with Crippen molar-refractivity contribution in [3.63, 3.8) is 0 Å². The lowest BCUT2D eigenvalue weighted by atomic mass is 10.1. The van der Waals surface area contributed by atoms with Gasteiger partial charge < -0.3 is 9.47 Å². The zero-order valence-electron chi connectivity index (χ0n) is 12.9. The number of hydrogen-bond donors (Lipinski definition) is 0. The Labute approximate surface area is 129 Å². The maximum atomic E-state index is 12.4. The number of halogens is 1. The average Bonchev–Trinajstić information content (AvgIpc) is 2.41. The highest BCUT2D eigenvalue weighted by atomic mass is 35.5. The molecular weight excluding hydrogens is 294 g/mol. The predicted octanol–water partition coefficient (Wildman–Crippen LogP) is 2.50. The molecule has 0 bridgehead atoms. The lowest BCUT2D eigenvalue weighted by Crippen LogP contribution is -2.46. The fourth-order valence-corrected chi connectivity index (χ4v) is 2.61. The van der Waals surface area contributed by atoms with Crippen molar-refractivity contribution >= 4 is 29.2 Å². The molecule has 0 aliphatic rings. The summed E-state index contributed by atoms with van der Waals surface area (Å²) in [6.07, 6.45) is 0. The molecule has 1 rings (SSSR count). The molecule has 0 saturated carbocycles. The monoisotopic (exact) mass is 313 g/mol. The quantitative estimate of drug-likeness (QED) is 0.784. The molecule has 0 saturated heterocycles. The molecule has 1 aromatic rings. The van der Waals surface area contributed by atoms with Gasteiger partial charge in [0.05, 0.1) is 12.8 Å². The highest BCUT2D eigenvalue weighted by Gasteiger charge is 2.30. The van der Waals surface area contributed by atoms with Crippen molar-refractivity contribution in [3.8, 4) is 0 Å². The standard InChI is InChI=1S/C15H20ClNO4/c1-9-6-12(16)7-10(2)14(9)17(13(18)8-20-4)11(3)15(19)21-5/h6-7,11H,8H2,1-5H3. The molecule has 0 N–H and O–H groups in total. The molecule has 0 spiro atoms. The molecular formula is C15H20ClNO4. The van der Waals surface area contributed by atoms with E-state index in [-0.39, 0.29) is 12.5 Å². The van der Waals surface area contributed by atoms with Gasteiger partial charge in [-0.05, 0) is 44.0 Å². The van der Waals surface area contributed by atoms with Crippen LogP contribution in [0, 0.1) is 13.8 Å². The van der Waals surface area contributed by atoms with Gasteiger partial charge in [-0.2, -0.15) is 0 Å². The van der Waals surface area contributed by atoms with Crippen LogP contribution in [0.2, 0.25) is 5.02 Å². The average molecular weight is 314 g/mol. The first kappa shape index (κ1) is 17.5. The van der Waals surface area contributed by atoms with Crippen LogP contribution in [0.15, 0.2) is 12.1 Å². The normalized spacial score (nSPS) is 11.9. The number of benzene rings is 1. The van der Waals surface area contributed by atoms with Gasteiger partial charge in [0.1, 0.15) is 12.6 Å². The Balaban J connectivity index is 3.37. The minimum absolute atomic E-state index is 0.122. The minimum Gasteiger partial charge on any atom is -0.467 e. The van der Waals surface area contributed by atoms with Crippen molar-refractivity contribution in [3.05, 3.63) is 28.3 Å². The van der Waals surface area contributed by atoms with E-state index < -0.39 is 12.0 Å². The topological polar surface area (TPSA) is 55.8 Å². The van der Waals surface area contributed by atoms with E-state index in [1.165, 1.54) is 19.1 Å². The van der Waals surface area contributed by atoms with Gasteiger partial charge >= 0.3 is 5.97 Å². The molecule has 0 fully saturated rings. The van der Waals surface area contributed by atoms with Crippen molar-refractivity contribution in [2.45, 2.75) is 26.8 Å². The Morgan fingerprint density at radius 3 is 2.19 bits per heavy atom. The van der Waals surface area contributed by atoms with E-state index in [2.05, 4.69) is 0 Å². The molecule has 0 radical (unpaired) electrons. The summed E-state index contributed by atoms with van der Waals surface area (Å²) < 4.78 is 9.65. The molecule has 1 amide bonds. The van der Waals surface area contributed by atoms with Crippen LogP contribution in [0.1, 0.15) is 18.1 Å². The van der Waals surface area contributed by atoms with Crippen LogP contribution in [0.5, 0.6) is 0 Å². The van der Waals surface area contributed by atoms with Gasteiger partial charge in [-0.3, -0.25) is 9.69 Å². The summed E-state index contributed by atoms with van der Waals surface area (Å²) in [4.78, 5) is 25.6. The molecule has 0 heterocycles. The molecule has 0 aliphatic carbocycles. The number of rotatable bonds is 5. The van der Waals surface area contributed by atoms with Crippen molar-refractivity contribution in [2.75, 3.05) is 25.7 Å². The number of ether oxygens (including phenoxy) is 2. The van der Waals surface area contributed by atoms with Crippen molar-refractivity contribution in [1.29, 1.82) is 0 Å². The maximum Gasteiger partial charge on any atom is 0.328 e. The van der Waals surface area contributed by atoms with Gasteiger partial charge in [0, 0.05) is 12.1 Å². The summed E-state index contributed by atoms with van der Waals surface area (Å²) in [6, 6.07) is 2.75. The number of hydrogen-bond acceptors (Lipinski definition) is 4. The van der Waals surface area contributed by atoms with Gasteiger partial charge in [-0.25, -0.2) is 4.79 Å². The minimum atomic E-state index is -0.753. The second-order valence-corrected chi connectivity index (χ2v) is 5.22. The third-order valence-corrected chi connectivity index (χ3v) is 3.38. The first-order valence-corrected chi connectivity index (χ1v) is 6.86. The Kier molecular flexibility index (Phi) is 6.18. The van der Waals surface area contributed by atoms with Crippen LogP contribution < -0.4 is 4.90 Å². The van der Waals surface area contributed by atoms with Crippen LogP contribution in [0.3, 0.4) is 0 Å². The molecule has 1 unspecified atom stereocenters. The third-order valence-electron chi connectivity index (χ3n) is 3.16. The van der Waals surface area contributed by atoms with Crippen molar-refractivity contribution in [2.24, 2.45) is 0 Å². The summed E-state index contributed by atoms with van der Waals surface area (Å²) in [5.74, 6) is -0.808. The summed E-state index contributed by atoms with van der Waals surface area (Å²) >= 11 is 6.02. The zero-order chi connectivity index (χ0) is 16.2. The fourth-order valence-electron chi connectivity index (χ4n) is 2.29. The number of carbonyl (C=O) groups excluding carboxylic acids is 2. The van der Waals surface area contributed by atoms with Gasteiger partial charge in [0.15, 0.2) is 0 Å². The van der Waals surface area contributed by atoms with Crippen LogP contribution in [0.4, 0.5) is 5.69 Å². The van der Waals surface area contributed by atoms with Gasteiger partial charge in [0.2, 0.25) is 0 Å². The van der Waals surface area contributed by atoms with E-state index in [1.54, 1.807) is 19.1 Å². The van der Waals surface area contributed by atoms with E-state index in [9.17, 15) is 9.59 Å². The molecule has 0 aliphatic heterocycles. The molecule has 116 valence electrons. The summed E-state index contributed by atoms with van der Waals surface area (Å²) in [5, 5.41) is 0.582. The van der Waals surface area contributed by atoms with Crippen molar-refractivity contribution < 1.29 is 19.1 Å². The summed E-state index contributed by atoms with van der Waals surface area (Å²) in [5.41, 5.74) is 2.26. The molecule has 5 nitrogen and oxygen atoms in total. The zero-order valence-corrected chi connectivity index (χ0v) is 13.7. The van der Waals surface area contributed by atoms with E-state index in [4.69, 9.17) is 21.1 Å². The number of methoxy groups -OCH3 is 2. The molecule has 0 aromatic heterocycles. The number of anilines is 1. The smallest absolute Gasteiger partial charge is 0.328 e. The molecule has 1 atom stereocenters. The Morgan fingerprint density at radius 1 is 1.24 bits per heavy atom. The van der Waals surface area contributed by atoms with Crippen molar-refractivity contribution in [1.82, 2.24) is 0 Å². The number of carbonyl (C=O) groups is 2. The highest BCUT2D eigenvalue weighted by molar-refractivity contribution is 6.30. The molecule has 6 heteroatoms. The van der Waals surface area contributed by atoms with Crippen LogP contribution in [0.25, 0.3) is 0 Å².